The van der Waals surface area contributed by atoms with Gasteiger partial charge in [-0.3, -0.25) is 0 Å². The largest absolute Gasteiger partial charge is 0.378 e. The zero-order valence-electron chi connectivity index (χ0n) is 23.0. The average molecular weight is 487 g/mol. The van der Waals surface area contributed by atoms with Crippen LogP contribution in [0.4, 0.5) is 0 Å². The molecule has 0 aromatic rings. The zero-order chi connectivity index (χ0) is 23.9. The van der Waals surface area contributed by atoms with Crippen LogP contribution < -0.4 is 0 Å². The maximum Gasteiger partial charge on any atom is 0.154 e. The Morgan fingerprint density at radius 3 is 0.882 bits per heavy atom. The number of ether oxygens (including phenoxy) is 3. The second-order valence-electron chi connectivity index (χ2n) is 11.9. The van der Waals surface area contributed by atoms with Gasteiger partial charge in [-0.25, -0.2) is 0 Å². The summed E-state index contributed by atoms with van der Waals surface area (Å²) in [6, 6.07) is 0. The SMILES string of the molecule is C.C.CC1CCC(C)CC1.CC1CCC(C)CC1.CC1CCC(C)OC1.CC1COC(C)OC1. The first kappa shape index (κ1) is 36.0. The minimum Gasteiger partial charge on any atom is -0.378 e. The zero-order valence-corrected chi connectivity index (χ0v) is 23.0. The number of hydrogen-bond acceptors (Lipinski definition) is 3. The first-order chi connectivity index (χ1) is 15.2. The third-order valence-electron chi connectivity index (χ3n) is 7.57. The standard InChI is InChI=1S/2C8H16.C7H14O.C6H12O2.2CH4/c2*1-7-3-5-8(2)6-4-7;1-6-3-4-7(2)8-5-6;1-5-3-7-6(2)8-4-5;;/h2*7-8H,3-6H2,1-2H3;6-7H,3-5H2,1-2H3;5-6H,3-4H2,1-2H3;2*1H4. The van der Waals surface area contributed by atoms with Crippen molar-refractivity contribution in [3.8, 4) is 0 Å². The van der Waals surface area contributed by atoms with Crippen molar-refractivity contribution >= 4 is 0 Å². The van der Waals surface area contributed by atoms with Crippen LogP contribution in [0.15, 0.2) is 0 Å². The normalized spacial score (nSPS) is 37.4. The lowest BCUT2D eigenvalue weighted by molar-refractivity contribution is -0.187. The van der Waals surface area contributed by atoms with Crippen molar-refractivity contribution < 1.29 is 14.2 Å². The third kappa shape index (κ3) is 19.1. The molecule has 2 saturated heterocycles. The van der Waals surface area contributed by atoms with Gasteiger partial charge in [0, 0.05) is 12.5 Å². The summed E-state index contributed by atoms with van der Waals surface area (Å²) in [5, 5.41) is 0. The van der Waals surface area contributed by atoms with E-state index >= 15 is 0 Å². The second kappa shape index (κ2) is 21.0. The van der Waals surface area contributed by atoms with Crippen molar-refractivity contribution in [1.82, 2.24) is 0 Å². The predicted molar refractivity (Wildman–Crippen MR) is 151 cm³/mol. The van der Waals surface area contributed by atoms with Gasteiger partial charge in [0.25, 0.3) is 0 Å². The van der Waals surface area contributed by atoms with Crippen LogP contribution in [0, 0.1) is 35.5 Å². The van der Waals surface area contributed by atoms with E-state index in [9.17, 15) is 0 Å². The molecule has 3 nitrogen and oxygen atoms in total. The summed E-state index contributed by atoms with van der Waals surface area (Å²) in [5.74, 6) is 5.45. The molecule has 2 saturated carbocycles. The minimum absolute atomic E-state index is 0. The number of rotatable bonds is 0. The van der Waals surface area contributed by atoms with Gasteiger partial charge in [-0.05, 0) is 56.3 Å². The van der Waals surface area contributed by atoms with E-state index in [1.807, 2.05) is 6.92 Å². The van der Waals surface area contributed by atoms with Gasteiger partial charge in [-0.15, -0.1) is 0 Å². The maximum atomic E-state index is 5.39. The lowest BCUT2D eigenvalue weighted by Crippen LogP contribution is -2.27. The lowest BCUT2D eigenvalue weighted by Gasteiger charge is -2.24. The van der Waals surface area contributed by atoms with Crippen molar-refractivity contribution in [3.63, 3.8) is 0 Å². The summed E-state index contributed by atoms with van der Waals surface area (Å²) in [7, 11) is 0. The Morgan fingerprint density at radius 1 is 0.353 bits per heavy atom. The molecule has 0 bridgehead atoms. The van der Waals surface area contributed by atoms with Crippen molar-refractivity contribution in [2.45, 2.75) is 147 Å². The fourth-order valence-corrected chi connectivity index (χ4v) is 4.56. The molecule has 3 heteroatoms. The molecular weight excluding hydrogens is 420 g/mol. The van der Waals surface area contributed by atoms with Gasteiger partial charge in [0.1, 0.15) is 0 Å². The van der Waals surface area contributed by atoms with E-state index < -0.39 is 0 Å². The molecule has 0 radical (unpaired) electrons. The molecule has 0 amide bonds. The van der Waals surface area contributed by atoms with Crippen molar-refractivity contribution in [2.24, 2.45) is 35.5 Å². The van der Waals surface area contributed by atoms with Gasteiger partial charge in [-0.1, -0.05) is 108 Å². The van der Waals surface area contributed by atoms with Gasteiger partial charge >= 0.3 is 0 Å². The molecule has 4 fully saturated rings. The van der Waals surface area contributed by atoms with Gasteiger partial charge in [0.15, 0.2) is 6.29 Å². The predicted octanol–water partition coefficient (Wildman–Crippen LogP) is 9.77. The monoisotopic (exact) mass is 487 g/mol. The Morgan fingerprint density at radius 2 is 0.647 bits per heavy atom. The van der Waals surface area contributed by atoms with E-state index in [1.165, 1.54) is 64.2 Å². The summed E-state index contributed by atoms with van der Waals surface area (Å²) in [6.07, 6.45) is 14.9. The summed E-state index contributed by atoms with van der Waals surface area (Å²) >= 11 is 0. The van der Waals surface area contributed by atoms with E-state index in [0.717, 1.165) is 49.4 Å². The Bertz CT molecular complexity index is 288. The fourth-order valence-electron chi connectivity index (χ4n) is 4.56. The highest BCUT2D eigenvalue weighted by atomic mass is 16.7. The van der Waals surface area contributed by atoms with E-state index in [4.69, 9.17) is 14.2 Å². The van der Waals surface area contributed by atoms with E-state index in [2.05, 4.69) is 48.5 Å². The minimum atomic E-state index is 0. The Hall–Kier alpha value is -0.120. The summed E-state index contributed by atoms with van der Waals surface area (Å²) in [6.45, 7) is 20.6. The first-order valence-corrected chi connectivity index (χ1v) is 14.0. The van der Waals surface area contributed by atoms with Crippen LogP contribution in [0.25, 0.3) is 0 Å². The van der Waals surface area contributed by atoms with Gasteiger partial charge < -0.3 is 14.2 Å². The fraction of sp³-hybridized carbons (Fsp3) is 1.00. The molecule has 0 aromatic carbocycles. The Labute approximate surface area is 216 Å². The molecule has 208 valence electrons. The molecule has 0 spiro atoms. The highest BCUT2D eigenvalue weighted by molar-refractivity contribution is 4.66. The van der Waals surface area contributed by atoms with Crippen molar-refractivity contribution in [1.29, 1.82) is 0 Å². The van der Waals surface area contributed by atoms with Gasteiger partial charge in [0.2, 0.25) is 0 Å². The Kier molecular flexibility index (Phi) is 22.3. The average Bonchev–Trinajstić information content (AvgIpc) is 2.78. The highest BCUT2D eigenvalue weighted by Gasteiger charge is 2.15. The molecule has 34 heavy (non-hydrogen) atoms. The smallest absolute Gasteiger partial charge is 0.154 e. The Balaban J connectivity index is 0. The first-order valence-electron chi connectivity index (χ1n) is 14.0. The van der Waals surface area contributed by atoms with E-state index in [1.54, 1.807) is 0 Å². The van der Waals surface area contributed by atoms with E-state index in [-0.39, 0.29) is 21.1 Å². The second-order valence-corrected chi connectivity index (χ2v) is 11.9. The summed E-state index contributed by atoms with van der Waals surface area (Å²) in [4.78, 5) is 0. The quantitative estimate of drug-likeness (QED) is 0.341. The van der Waals surface area contributed by atoms with Crippen molar-refractivity contribution in [2.75, 3.05) is 19.8 Å². The van der Waals surface area contributed by atoms with E-state index in [0.29, 0.717) is 12.0 Å². The van der Waals surface area contributed by atoms with Crippen LogP contribution in [0.3, 0.4) is 0 Å². The molecule has 2 aliphatic heterocycles. The molecule has 2 unspecified atom stereocenters. The lowest BCUT2D eigenvalue weighted by atomic mass is 9.84. The van der Waals surface area contributed by atoms with Crippen LogP contribution in [0.2, 0.25) is 0 Å². The van der Waals surface area contributed by atoms with Crippen molar-refractivity contribution in [3.05, 3.63) is 0 Å². The molecule has 0 aromatic heterocycles. The molecule has 0 N–H and O–H groups in total. The molecule has 2 heterocycles. The van der Waals surface area contributed by atoms with Gasteiger partial charge in [0.05, 0.1) is 19.3 Å². The summed E-state index contributed by atoms with van der Waals surface area (Å²) < 4.78 is 15.7. The van der Waals surface area contributed by atoms with Gasteiger partial charge in [-0.2, -0.15) is 0 Å². The summed E-state index contributed by atoms with van der Waals surface area (Å²) in [5.41, 5.74) is 0. The van der Waals surface area contributed by atoms with Crippen LogP contribution >= 0.6 is 0 Å². The van der Waals surface area contributed by atoms with Crippen LogP contribution in [0.1, 0.15) is 134 Å². The topological polar surface area (TPSA) is 27.7 Å². The third-order valence-corrected chi connectivity index (χ3v) is 7.57. The molecule has 2 atom stereocenters. The number of hydrogen-bond donors (Lipinski definition) is 0. The molecule has 4 rings (SSSR count). The molecule has 4 aliphatic rings. The molecule has 2 aliphatic carbocycles. The van der Waals surface area contributed by atoms with Crippen LogP contribution in [-0.4, -0.2) is 32.2 Å². The van der Waals surface area contributed by atoms with Crippen LogP contribution in [0.5, 0.6) is 0 Å². The molecular formula is C31H66O3. The van der Waals surface area contributed by atoms with Crippen LogP contribution in [-0.2, 0) is 14.2 Å². The maximum absolute atomic E-state index is 5.39. The highest BCUT2D eigenvalue weighted by Crippen LogP contribution is 2.28.